The highest BCUT2D eigenvalue weighted by Crippen LogP contribution is 2.27. The lowest BCUT2D eigenvalue weighted by atomic mass is 9.98. The maximum Gasteiger partial charge on any atom is 0.269 e. The number of nitrogens with zero attached hydrogens (tertiary/aromatic N) is 4. The maximum atomic E-state index is 13.4. The van der Waals surface area contributed by atoms with Crippen LogP contribution in [0, 0.1) is 16.0 Å². The molecule has 2 amide bonds. The summed E-state index contributed by atoms with van der Waals surface area (Å²) in [5.74, 6) is -0.507. The van der Waals surface area contributed by atoms with Gasteiger partial charge in [0.15, 0.2) is 5.11 Å². The van der Waals surface area contributed by atoms with Gasteiger partial charge in [0, 0.05) is 55.3 Å². The van der Waals surface area contributed by atoms with Gasteiger partial charge in [-0.15, -0.1) is 0 Å². The number of benzene rings is 3. The number of halogens is 2. The molecule has 0 aliphatic rings. The van der Waals surface area contributed by atoms with Crippen LogP contribution in [0.2, 0.25) is 10.0 Å². The van der Waals surface area contributed by atoms with Gasteiger partial charge in [0.25, 0.3) is 11.6 Å². The third kappa shape index (κ3) is 9.35. The van der Waals surface area contributed by atoms with Crippen LogP contribution in [0.4, 0.5) is 5.69 Å². The van der Waals surface area contributed by atoms with Crippen LogP contribution in [-0.2, 0) is 24.3 Å². The number of nitro benzene ring substituents is 1. The minimum Gasteiger partial charge on any atom is -0.351 e. The molecule has 0 unspecified atom stereocenters. The lowest BCUT2D eigenvalue weighted by Gasteiger charge is -2.33. The second-order valence-electron chi connectivity index (χ2n) is 10.9. The minimum absolute atomic E-state index is 0.0101. The minimum atomic E-state index is -0.445. The molecule has 0 bridgehead atoms. The molecule has 1 heterocycles. The van der Waals surface area contributed by atoms with Gasteiger partial charge in [-0.05, 0) is 47.5 Å². The van der Waals surface area contributed by atoms with Crippen molar-refractivity contribution in [1.29, 1.82) is 0 Å². The van der Waals surface area contributed by atoms with Crippen molar-refractivity contribution in [2.75, 3.05) is 6.54 Å². The number of carbonyl (C=O) groups is 2. The van der Waals surface area contributed by atoms with E-state index in [0.717, 1.165) is 17.5 Å². The van der Waals surface area contributed by atoms with Crippen molar-refractivity contribution in [2.24, 2.45) is 5.92 Å². The van der Waals surface area contributed by atoms with Crippen LogP contribution < -0.4 is 10.6 Å². The van der Waals surface area contributed by atoms with Crippen LogP contribution in [-0.4, -0.2) is 48.9 Å². The van der Waals surface area contributed by atoms with Crippen LogP contribution in [0.1, 0.15) is 47.4 Å². The van der Waals surface area contributed by atoms with E-state index in [4.69, 9.17) is 35.4 Å². The molecule has 0 aliphatic heterocycles. The molecule has 0 saturated carbocycles. The topological polar surface area (TPSA) is 122 Å². The Balaban J connectivity index is 1.50. The molecule has 13 heteroatoms. The summed E-state index contributed by atoms with van der Waals surface area (Å²) in [6, 6.07) is 20.0. The second-order valence-corrected chi connectivity index (χ2v) is 12.1. The predicted molar refractivity (Wildman–Crippen MR) is 183 cm³/mol. The summed E-state index contributed by atoms with van der Waals surface area (Å²) in [5, 5.41) is 18.0. The molecule has 4 rings (SSSR count). The fourth-order valence-electron chi connectivity index (χ4n) is 4.80. The van der Waals surface area contributed by atoms with Crippen LogP contribution >= 0.6 is 35.4 Å². The molecule has 2 atom stereocenters. The molecular formula is C33H34Cl2N6O4S. The zero-order chi connectivity index (χ0) is 33.2. The molecule has 10 nitrogen and oxygen atoms in total. The summed E-state index contributed by atoms with van der Waals surface area (Å²) < 4.78 is 1.83. The molecular weight excluding hydrogens is 647 g/mol. The molecule has 0 radical (unpaired) electrons. The molecule has 240 valence electrons. The average molecular weight is 682 g/mol. The lowest BCUT2D eigenvalue weighted by Crippen LogP contribution is -2.52. The van der Waals surface area contributed by atoms with Crippen molar-refractivity contribution in [2.45, 2.75) is 45.8 Å². The number of hydrogen-bond donors (Lipinski definition) is 2. The first-order chi connectivity index (χ1) is 22.0. The van der Waals surface area contributed by atoms with Gasteiger partial charge in [-0.25, -0.2) is 4.98 Å². The maximum absolute atomic E-state index is 13.4. The van der Waals surface area contributed by atoms with Crippen molar-refractivity contribution in [3.8, 4) is 0 Å². The predicted octanol–water partition coefficient (Wildman–Crippen LogP) is 6.44. The van der Waals surface area contributed by atoms with Gasteiger partial charge in [0.1, 0.15) is 0 Å². The van der Waals surface area contributed by atoms with Gasteiger partial charge >= 0.3 is 0 Å². The molecule has 4 aromatic rings. The number of imidazole rings is 1. The Morgan fingerprint density at radius 2 is 1.78 bits per heavy atom. The van der Waals surface area contributed by atoms with Gasteiger partial charge in [0.2, 0.25) is 5.91 Å². The number of thiocarbonyl (C=S) groups is 1. The van der Waals surface area contributed by atoms with Gasteiger partial charge in [-0.2, -0.15) is 0 Å². The van der Waals surface area contributed by atoms with Crippen LogP contribution in [0.3, 0.4) is 0 Å². The number of carbonyl (C=O) groups excluding carboxylic acids is 2. The molecule has 0 spiro atoms. The molecule has 0 aliphatic carbocycles. The Hall–Kier alpha value is -4.32. The fourth-order valence-corrected chi connectivity index (χ4v) is 5.41. The largest absolute Gasteiger partial charge is 0.351 e. The SMILES string of the molecule is CC[C@H](C)[C@@H](CN(Cc1cccc(Cl)c1Cl)C(=S)NC(=O)c1ccccc1)NC(=O)Cc1cncn1Cc1ccc([N+](=O)[O-])cc1. The van der Waals surface area contributed by atoms with Crippen LogP contribution in [0.15, 0.2) is 85.3 Å². The van der Waals surface area contributed by atoms with E-state index in [1.54, 1.807) is 61.1 Å². The number of rotatable bonds is 13. The van der Waals surface area contributed by atoms with Crippen molar-refractivity contribution in [3.05, 3.63) is 128 Å². The number of aromatic nitrogens is 2. The van der Waals surface area contributed by atoms with E-state index in [-0.39, 0.29) is 47.5 Å². The summed E-state index contributed by atoms with van der Waals surface area (Å²) in [6.45, 7) is 5.02. The normalized spacial score (nSPS) is 12.2. The van der Waals surface area contributed by atoms with Crippen molar-refractivity contribution in [1.82, 2.24) is 25.1 Å². The Kier molecular flexibility index (Phi) is 12.2. The summed E-state index contributed by atoms with van der Waals surface area (Å²) in [4.78, 5) is 43.0. The third-order valence-corrected chi connectivity index (χ3v) is 8.89. The number of nitro groups is 1. The standard InChI is InChI=1S/C33H34Cl2N6O4S/c1-3-22(2)29(37-30(42)16-27-17-36-21-40(27)18-23-12-14-26(15-13-23)41(44)45)20-39(19-25-10-7-11-28(34)31(25)35)33(46)38-32(43)24-8-5-4-6-9-24/h4-15,17,21-22,29H,3,16,18-20H2,1-2H3,(H,37,42)(H,38,43,46)/t22-,29+/m0/s1. The van der Waals surface area contributed by atoms with Crippen molar-refractivity contribution < 1.29 is 14.5 Å². The molecule has 0 fully saturated rings. The first kappa shape index (κ1) is 34.6. The van der Waals surface area contributed by atoms with E-state index in [2.05, 4.69) is 15.6 Å². The zero-order valence-corrected chi connectivity index (χ0v) is 27.7. The number of nitrogens with one attached hydrogen (secondary N) is 2. The summed E-state index contributed by atoms with van der Waals surface area (Å²) in [7, 11) is 0. The van der Waals surface area contributed by atoms with E-state index in [9.17, 15) is 19.7 Å². The summed E-state index contributed by atoms with van der Waals surface area (Å²) in [5.41, 5.74) is 2.71. The van der Waals surface area contributed by atoms with E-state index >= 15 is 0 Å². The highest BCUT2D eigenvalue weighted by Gasteiger charge is 2.25. The smallest absolute Gasteiger partial charge is 0.269 e. The first-order valence-corrected chi connectivity index (χ1v) is 15.8. The Labute approximate surface area is 282 Å². The molecule has 3 aromatic carbocycles. The highest BCUT2D eigenvalue weighted by atomic mass is 35.5. The third-order valence-electron chi connectivity index (χ3n) is 7.67. The van der Waals surface area contributed by atoms with Crippen molar-refractivity contribution in [3.63, 3.8) is 0 Å². The van der Waals surface area contributed by atoms with E-state index < -0.39 is 4.92 Å². The molecule has 1 aromatic heterocycles. The number of amides is 2. The number of hydrogen-bond acceptors (Lipinski definition) is 6. The Morgan fingerprint density at radius 1 is 1.07 bits per heavy atom. The fraction of sp³-hybridized carbons (Fsp3) is 0.273. The van der Waals surface area contributed by atoms with Crippen molar-refractivity contribution >= 4 is 58.0 Å². The van der Waals surface area contributed by atoms with Gasteiger partial charge in [-0.3, -0.25) is 25.0 Å². The second kappa shape index (κ2) is 16.3. The van der Waals surface area contributed by atoms with Crippen LogP contribution in [0.5, 0.6) is 0 Å². The Morgan fingerprint density at radius 3 is 2.46 bits per heavy atom. The monoisotopic (exact) mass is 680 g/mol. The highest BCUT2D eigenvalue weighted by molar-refractivity contribution is 7.80. The zero-order valence-electron chi connectivity index (χ0n) is 25.4. The lowest BCUT2D eigenvalue weighted by molar-refractivity contribution is -0.384. The van der Waals surface area contributed by atoms with E-state index in [1.165, 1.54) is 12.1 Å². The van der Waals surface area contributed by atoms with Gasteiger partial charge in [0.05, 0.1) is 27.7 Å². The first-order valence-electron chi connectivity index (χ1n) is 14.7. The Bertz CT molecular complexity index is 1680. The quantitative estimate of drug-likeness (QED) is 0.0947. The average Bonchev–Trinajstić information content (AvgIpc) is 3.48. The van der Waals surface area contributed by atoms with E-state index in [1.807, 2.05) is 35.4 Å². The molecule has 2 N–H and O–H groups in total. The molecule has 0 saturated heterocycles. The summed E-state index contributed by atoms with van der Waals surface area (Å²) >= 11 is 18.6. The van der Waals surface area contributed by atoms with Gasteiger partial charge < -0.3 is 14.8 Å². The molecule has 46 heavy (non-hydrogen) atoms. The van der Waals surface area contributed by atoms with Gasteiger partial charge in [-0.1, -0.05) is 85.9 Å². The van der Waals surface area contributed by atoms with E-state index in [0.29, 0.717) is 34.4 Å². The summed E-state index contributed by atoms with van der Waals surface area (Å²) in [6.07, 6.45) is 4.10. The van der Waals surface area contributed by atoms with Crippen LogP contribution in [0.25, 0.3) is 0 Å². The number of non-ortho nitro benzene ring substituents is 1.